The van der Waals surface area contributed by atoms with Crippen LogP contribution in [0.3, 0.4) is 0 Å². The second-order valence-corrected chi connectivity index (χ2v) is 4.84. The number of hydrogen-bond acceptors (Lipinski definition) is 3. The number of anilines is 1. The zero-order chi connectivity index (χ0) is 12.4. The molecule has 0 unspecified atom stereocenters. The van der Waals surface area contributed by atoms with Gasteiger partial charge in [-0.15, -0.1) is 11.3 Å². The van der Waals surface area contributed by atoms with Gasteiger partial charge in [-0.1, -0.05) is 12.1 Å². The number of rotatable bonds is 2. The van der Waals surface area contributed by atoms with Crippen LogP contribution < -0.4 is 5.32 Å². The zero-order valence-electron chi connectivity index (χ0n) is 9.52. The molecule has 88 valence electrons. The van der Waals surface area contributed by atoms with Crippen LogP contribution in [0.2, 0.25) is 0 Å². The highest BCUT2D eigenvalue weighted by molar-refractivity contribution is 7.15. The molecular formula is C12H12N2O2S. The van der Waals surface area contributed by atoms with Crippen LogP contribution in [-0.2, 0) is 0 Å². The summed E-state index contributed by atoms with van der Waals surface area (Å²) in [6.07, 6.45) is -1.07. The first-order valence-electron chi connectivity index (χ1n) is 5.11. The standard InChI is InChI=1S/C12H12N2O2S/c1-7-8(2)17-11(13-7)9-5-3-4-6-10(9)14-12(15)16/h3-6,14H,1-2H3,(H,15,16). The van der Waals surface area contributed by atoms with Crippen molar-refractivity contribution in [2.45, 2.75) is 13.8 Å². The van der Waals surface area contributed by atoms with Gasteiger partial charge in [0.1, 0.15) is 5.01 Å². The van der Waals surface area contributed by atoms with Crippen LogP contribution in [0.1, 0.15) is 10.6 Å². The summed E-state index contributed by atoms with van der Waals surface area (Å²) in [7, 11) is 0. The molecule has 0 fully saturated rings. The predicted octanol–water partition coefficient (Wildman–Crippen LogP) is 3.52. The molecule has 4 nitrogen and oxygen atoms in total. The second kappa shape index (κ2) is 4.55. The summed E-state index contributed by atoms with van der Waals surface area (Å²) in [6, 6.07) is 7.26. The summed E-state index contributed by atoms with van der Waals surface area (Å²) in [4.78, 5) is 16.3. The molecule has 0 radical (unpaired) electrons. The van der Waals surface area contributed by atoms with E-state index in [4.69, 9.17) is 5.11 Å². The van der Waals surface area contributed by atoms with Crippen molar-refractivity contribution in [2.75, 3.05) is 5.32 Å². The van der Waals surface area contributed by atoms with Crippen molar-refractivity contribution >= 4 is 23.1 Å². The largest absolute Gasteiger partial charge is 0.465 e. The van der Waals surface area contributed by atoms with E-state index in [2.05, 4.69) is 10.3 Å². The van der Waals surface area contributed by atoms with Crippen molar-refractivity contribution in [3.63, 3.8) is 0 Å². The molecule has 0 saturated carbocycles. The van der Waals surface area contributed by atoms with E-state index in [0.29, 0.717) is 5.69 Å². The van der Waals surface area contributed by atoms with Gasteiger partial charge in [-0.05, 0) is 26.0 Å². The lowest BCUT2D eigenvalue weighted by Crippen LogP contribution is -2.08. The summed E-state index contributed by atoms with van der Waals surface area (Å²) >= 11 is 1.56. The molecule has 2 N–H and O–H groups in total. The van der Waals surface area contributed by atoms with E-state index in [1.807, 2.05) is 26.0 Å². The molecule has 17 heavy (non-hydrogen) atoms. The lowest BCUT2D eigenvalue weighted by molar-refractivity contribution is 0.210. The molecule has 1 amide bonds. The molecule has 1 heterocycles. The van der Waals surface area contributed by atoms with Gasteiger partial charge in [-0.2, -0.15) is 0 Å². The minimum atomic E-state index is -1.07. The fraction of sp³-hybridized carbons (Fsp3) is 0.167. The number of carbonyl (C=O) groups is 1. The van der Waals surface area contributed by atoms with Gasteiger partial charge in [0.25, 0.3) is 0 Å². The lowest BCUT2D eigenvalue weighted by Gasteiger charge is -2.05. The maximum absolute atomic E-state index is 10.7. The Hall–Kier alpha value is -1.88. The van der Waals surface area contributed by atoms with Crippen molar-refractivity contribution in [3.8, 4) is 10.6 Å². The summed E-state index contributed by atoms with van der Waals surface area (Å²) in [5.74, 6) is 0. The number of benzene rings is 1. The van der Waals surface area contributed by atoms with Gasteiger partial charge in [0.15, 0.2) is 0 Å². The van der Waals surface area contributed by atoms with Crippen molar-refractivity contribution < 1.29 is 9.90 Å². The van der Waals surface area contributed by atoms with Gasteiger partial charge in [-0.3, -0.25) is 5.32 Å². The number of aryl methyl sites for hydroxylation is 2. The van der Waals surface area contributed by atoms with Crippen molar-refractivity contribution in [2.24, 2.45) is 0 Å². The second-order valence-electron chi connectivity index (χ2n) is 3.64. The Balaban J connectivity index is 2.47. The van der Waals surface area contributed by atoms with Crippen LogP contribution in [-0.4, -0.2) is 16.2 Å². The number of para-hydroxylation sites is 1. The van der Waals surface area contributed by atoms with Gasteiger partial charge in [0, 0.05) is 10.4 Å². The van der Waals surface area contributed by atoms with Crippen molar-refractivity contribution in [1.29, 1.82) is 0 Å². The Bertz CT molecular complexity index is 544. The van der Waals surface area contributed by atoms with Gasteiger partial charge < -0.3 is 5.11 Å². The van der Waals surface area contributed by atoms with Crippen LogP contribution >= 0.6 is 11.3 Å². The maximum atomic E-state index is 10.7. The van der Waals surface area contributed by atoms with Crippen LogP contribution in [0.5, 0.6) is 0 Å². The number of hydrogen-bond donors (Lipinski definition) is 2. The first kappa shape index (κ1) is 11.6. The number of thiazole rings is 1. The maximum Gasteiger partial charge on any atom is 0.409 e. The Morgan fingerprint density at radius 1 is 1.35 bits per heavy atom. The minimum absolute atomic E-state index is 0.564. The van der Waals surface area contributed by atoms with Gasteiger partial charge in [-0.25, -0.2) is 9.78 Å². The topological polar surface area (TPSA) is 62.2 Å². The molecule has 0 atom stereocenters. The minimum Gasteiger partial charge on any atom is -0.465 e. The highest BCUT2D eigenvalue weighted by atomic mass is 32.1. The highest BCUT2D eigenvalue weighted by Gasteiger charge is 2.11. The summed E-state index contributed by atoms with van der Waals surface area (Å²) in [5.41, 5.74) is 2.36. The first-order chi connectivity index (χ1) is 8.08. The fourth-order valence-electron chi connectivity index (χ4n) is 1.48. The molecule has 0 aliphatic rings. The van der Waals surface area contributed by atoms with E-state index in [1.54, 1.807) is 23.5 Å². The lowest BCUT2D eigenvalue weighted by atomic mass is 10.2. The van der Waals surface area contributed by atoms with E-state index in [9.17, 15) is 4.79 Å². The third-order valence-corrected chi connectivity index (χ3v) is 3.53. The van der Waals surface area contributed by atoms with Gasteiger partial charge in [0.05, 0.1) is 11.4 Å². The number of aromatic nitrogens is 1. The molecule has 0 spiro atoms. The van der Waals surface area contributed by atoms with E-state index in [0.717, 1.165) is 21.1 Å². The number of amides is 1. The zero-order valence-corrected chi connectivity index (χ0v) is 10.3. The van der Waals surface area contributed by atoms with E-state index in [-0.39, 0.29) is 0 Å². The van der Waals surface area contributed by atoms with E-state index < -0.39 is 6.09 Å². The van der Waals surface area contributed by atoms with E-state index in [1.165, 1.54) is 0 Å². The summed E-state index contributed by atoms with van der Waals surface area (Å²) < 4.78 is 0. The Labute approximate surface area is 103 Å². The number of carboxylic acid groups (broad SMARTS) is 1. The predicted molar refractivity (Wildman–Crippen MR) is 68.7 cm³/mol. The quantitative estimate of drug-likeness (QED) is 0.854. The molecule has 5 heteroatoms. The Morgan fingerprint density at radius 2 is 2.06 bits per heavy atom. The monoisotopic (exact) mass is 248 g/mol. The fourth-order valence-corrected chi connectivity index (χ4v) is 2.44. The first-order valence-corrected chi connectivity index (χ1v) is 5.93. The number of nitrogens with zero attached hydrogens (tertiary/aromatic N) is 1. The highest BCUT2D eigenvalue weighted by Crippen LogP contribution is 2.32. The summed E-state index contributed by atoms with van der Waals surface area (Å²) in [5, 5.41) is 12.0. The molecule has 1 aromatic heterocycles. The molecule has 0 bridgehead atoms. The third kappa shape index (κ3) is 2.45. The van der Waals surface area contributed by atoms with E-state index >= 15 is 0 Å². The molecular weight excluding hydrogens is 236 g/mol. The van der Waals surface area contributed by atoms with Gasteiger partial charge >= 0.3 is 6.09 Å². The van der Waals surface area contributed by atoms with Gasteiger partial charge in [0.2, 0.25) is 0 Å². The van der Waals surface area contributed by atoms with Crippen LogP contribution in [0.4, 0.5) is 10.5 Å². The molecule has 2 rings (SSSR count). The average Bonchev–Trinajstić information content (AvgIpc) is 2.59. The Kier molecular flexibility index (Phi) is 3.10. The smallest absolute Gasteiger partial charge is 0.409 e. The third-order valence-electron chi connectivity index (χ3n) is 2.43. The molecule has 0 aliphatic carbocycles. The molecule has 0 saturated heterocycles. The molecule has 1 aromatic carbocycles. The SMILES string of the molecule is Cc1nc(-c2ccccc2NC(=O)O)sc1C. The molecule has 2 aromatic rings. The summed E-state index contributed by atoms with van der Waals surface area (Å²) in [6.45, 7) is 3.95. The van der Waals surface area contributed by atoms with Crippen molar-refractivity contribution in [1.82, 2.24) is 4.98 Å². The van der Waals surface area contributed by atoms with Crippen LogP contribution in [0.15, 0.2) is 24.3 Å². The normalized spacial score (nSPS) is 10.2. The van der Waals surface area contributed by atoms with Crippen molar-refractivity contribution in [3.05, 3.63) is 34.8 Å². The van der Waals surface area contributed by atoms with Crippen LogP contribution in [0, 0.1) is 13.8 Å². The Morgan fingerprint density at radius 3 is 2.65 bits per heavy atom. The molecule has 0 aliphatic heterocycles. The average molecular weight is 248 g/mol. The van der Waals surface area contributed by atoms with Crippen LogP contribution in [0.25, 0.3) is 10.6 Å². The number of nitrogens with one attached hydrogen (secondary N) is 1.